The quantitative estimate of drug-likeness (QED) is 0.331. The number of nitrogens with one attached hydrogen (secondary N) is 2. The normalized spacial score (nSPS) is 13.6. The third-order valence-electron chi connectivity index (χ3n) is 2.76. The first-order valence-electron chi connectivity index (χ1n) is 6.37. The predicted molar refractivity (Wildman–Crippen MR) is 77.2 cm³/mol. The van der Waals surface area contributed by atoms with E-state index in [1.165, 1.54) is 11.1 Å². The Hall–Kier alpha value is -1.55. The van der Waals surface area contributed by atoms with Crippen molar-refractivity contribution < 1.29 is 0 Å². The van der Waals surface area contributed by atoms with E-state index >= 15 is 0 Å². The van der Waals surface area contributed by atoms with Crippen LogP contribution in [0.2, 0.25) is 0 Å². The Kier molecular flexibility index (Phi) is 5.65. The third kappa shape index (κ3) is 4.37. The topological polar surface area (TPSA) is 62.4 Å². The highest BCUT2D eigenvalue weighted by atomic mass is 15.3. The van der Waals surface area contributed by atoms with Crippen molar-refractivity contribution in [3.63, 3.8) is 0 Å². The number of benzene rings is 1. The molecule has 1 aromatic carbocycles. The molecule has 0 aromatic heterocycles. The average molecular weight is 248 g/mol. The monoisotopic (exact) mass is 248 g/mol. The standard InChI is InChI=1S/C14H24N4/c1-10(2)9-16-14(18-15)17-12(4)13-8-6-5-7-11(13)3/h5-8,10,12H,9,15H2,1-4H3,(H2,16,17,18). The molecule has 0 fully saturated rings. The number of guanidine groups is 1. The summed E-state index contributed by atoms with van der Waals surface area (Å²) in [6, 6.07) is 8.48. The Morgan fingerprint density at radius 2 is 1.94 bits per heavy atom. The van der Waals surface area contributed by atoms with E-state index in [4.69, 9.17) is 5.84 Å². The fourth-order valence-corrected chi connectivity index (χ4v) is 1.76. The highest BCUT2D eigenvalue weighted by molar-refractivity contribution is 5.79. The number of hydrazine groups is 1. The highest BCUT2D eigenvalue weighted by Crippen LogP contribution is 2.16. The number of nitrogens with two attached hydrogens (primary N) is 1. The zero-order valence-corrected chi connectivity index (χ0v) is 11.7. The lowest BCUT2D eigenvalue weighted by atomic mass is 10.0. The molecule has 4 N–H and O–H groups in total. The molecule has 0 aliphatic rings. The number of aliphatic imine (C=N–C) groups is 1. The molecular formula is C14H24N4. The van der Waals surface area contributed by atoms with Crippen LogP contribution in [0.15, 0.2) is 29.3 Å². The summed E-state index contributed by atoms with van der Waals surface area (Å²) in [4.78, 5) is 4.41. The Morgan fingerprint density at radius 3 is 2.50 bits per heavy atom. The average Bonchev–Trinajstić information content (AvgIpc) is 2.34. The first kappa shape index (κ1) is 14.5. The van der Waals surface area contributed by atoms with Crippen LogP contribution in [0.4, 0.5) is 0 Å². The van der Waals surface area contributed by atoms with Gasteiger partial charge in [0.05, 0.1) is 6.04 Å². The van der Waals surface area contributed by atoms with Gasteiger partial charge in [-0.1, -0.05) is 38.1 Å². The Balaban J connectivity index is 2.71. The van der Waals surface area contributed by atoms with Gasteiger partial charge in [0.1, 0.15) is 0 Å². The molecule has 0 heterocycles. The summed E-state index contributed by atoms with van der Waals surface area (Å²) in [5.74, 6) is 6.64. The van der Waals surface area contributed by atoms with E-state index in [-0.39, 0.29) is 6.04 Å². The lowest BCUT2D eigenvalue weighted by Gasteiger charge is -2.19. The molecule has 0 amide bonds. The van der Waals surface area contributed by atoms with Crippen molar-refractivity contribution in [3.05, 3.63) is 35.4 Å². The SMILES string of the molecule is Cc1ccccc1C(C)NC(=NCC(C)C)NN. The molecule has 0 bridgehead atoms. The summed E-state index contributed by atoms with van der Waals surface area (Å²) < 4.78 is 0. The number of hydrogen-bond donors (Lipinski definition) is 3. The highest BCUT2D eigenvalue weighted by Gasteiger charge is 2.09. The first-order valence-corrected chi connectivity index (χ1v) is 6.37. The third-order valence-corrected chi connectivity index (χ3v) is 2.76. The van der Waals surface area contributed by atoms with E-state index in [1.807, 2.05) is 12.1 Å². The van der Waals surface area contributed by atoms with E-state index in [1.54, 1.807) is 0 Å². The van der Waals surface area contributed by atoms with Gasteiger partial charge in [-0.25, -0.2) is 5.84 Å². The van der Waals surface area contributed by atoms with E-state index in [2.05, 4.69) is 55.6 Å². The van der Waals surface area contributed by atoms with Gasteiger partial charge in [-0.05, 0) is 30.9 Å². The van der Waals surface area contributed by atoms with Gasteiger partial charge in [0, 0.05) is 6.54 Å². The summed E-state index contributed by atoms with van der Waals surface area (Å²) in [7, 11) is 0. The van der Waals surface area contributed by atoms with Crippen LogP contribution < -0.4 is 16.6 Å². The largest absolute Gasteiger partial charge is 0.349 e. The number of nitrogens with zero attached hydrogens (tertiary/aromatic N) is 1. The molecule has 1 unspecified atom stereocenters. The van der Waals surface area contributed by atoms with Gasteiger partial charge >= 0.3 is 0 Å². The maximum atomic E-state index is 5.48. The van der Waals surface area contributed by atoms with Crippen molar-refractivity contribution in [2.45, 2.75) is 33.7 Å². The molecular weight excluding hydrogens is 224 g/mol. The maximum Gasteiger partial charge on any atom is 0.206 e. The maximum absolute atomic E-state index is 5.48. The molecule has 0 saturated carbocycles. The van der Waals surface area contributed by atoms with E-state index in [0.717, 1.165) is 6.54 Å². The van der Waals surface area contributed by atoms with E-state index in [9.17, 15) is 0 Å². The molecule has 0 saturated heterocycles. The summed E-state index contributed by atoms with van der Waals surface area (Å²) >= 11 is 0. The van der Waals surface area contributed by atoms with Crippen molar-refractivity contribution in [2.24, 2.45) is 16.8 Å². The van der Waals surface area contributed by atoms with Crippen molar-refractivity contribution in [2.75, 3.05) is 6.54 Å². The number of hydrogen-bond acceptors (Lipinski definition) is 2. The zero-order valence-electron chi connectivity index (χ0n) is 11.7. The van der Waals surface area contributed by atoms with Gasteiger partial charge in [-0.2, -0.15) is 0 Å². The van der Waals surface area contributed by atoms with Crippen molar-refractivity contribution in [1.29, 1.82) is 0 Å². The molecule has 0 aliphatic heterocycles. The second-order valence-electron chi connectivity index (χ2n) is 4.95. The van der Waals surface area contributed by atoms with Gasteiger partial charge in [0.2, 0.25) is 5.96 Å². The Labute approximate surface area is 110 Å². The molecule has 1 aromatic rings. The summed E-state index contributed by atoms with van der Waals surface area (Å²) in [5, 5.41) is 3.29. The van der Waals surface area contributed by atoms with Crippen LogP contribution in [0.1, 0.15) is 37.9 Å². The molecule has 18 heavy (non-hydrogen) atoms. The van der Waals surface area contributed by atoms with Crippen molar-refractivity contribution >= 4 is 5.96 Å². The second-order valence-corrected chi connectivity index (χ2v) is 4.95. The molecule has 1 rings (SSSR count). The van der Waals surface area contributed by atoms with Crippen LogP contribution in [0.5, 0.6) is 0 Å². The number of rotatable bonds is 4. The summed E-state index contributed by atoms with van der Waals surface area (Å²) in [6.45, 7) is 9.22. The van der Waals surface area contributed by atoms with Crippen LogP contribution in [0, 0.1) is 12.8 Å². The molecule has 0 spiro atoms. The Morgan fingerprint density at radius 1 is 1.28 bits per heavy atom. The van der Waals surface area contributed by atoms with Gasteiger partial charge in [-0.3, -0.25) is 10.4 Å². The summed E-state index contributed by atoms with van der Waals surface area (Å²) in [5.41, 5.74) is 5.13. The minimum absolute atomic E-state index is 0.174. The van der Waals surface area contributed by atoms with Gasteiger partial charge in [-0.15, -0.1) is 0 Å². The predicted octanol–water partition coefficient (Wildman–Crippen LogP) is 2.12. The zero-order chi connectivity index (χ0) is 13.5. The minimum atomic E-state index is 0.174. The van der Waals surface area contributed by atoms with Gasteiger partial charge < -0.3 is 5.32 Å². The molecule has 1 atom stereocenters. The Bertz CT molecular complexity index is 399. The smallest absolute Gasteiger partial charge is 0.206 e. The van der Waals surface area contributed by atoms with Crippen LogP contribution in [-0.4, -0.2) is 12.5 Å². The number of aryl methyl sites for hydroxylation is 1. The molecule has 4 nitrogen and oxygen atoms in total. The molecule has 4 heteroatoms. The minimum Gasteiger partial charge on any atom is -0.349 e. The van der Waals surface area contributed by atoms with Gasteiger partial charge in [0.15, 0.2) is 0 Å². The van der Waals surface area contributed by atoms with Crippen LogP contribution in [-0.2, 0) is 0 Å². The van der Waals surface area contributed by atoms with Crippen LogP contribution >= 0.6 is 0 Å². The lowest BCUT2D eigenvalue weighted by molar-refractivity contribution is 0.641. The van der Waals surface area contributed by atoms with E-state index < -0.39 is 0 Å². The van der Waals surface area contributed by atoms with Gasteiger partial charge in [0.25, 0.3) is 0 Å². The molecule has 0 radical (unpaired) electrons. The first-order chi connectivity index (χ1) is 8.54. The van der Waals surface area contributed by atoms with Crippen molar-refractivity contribution in [3.8, 4) is 0 Å². The van der Waals surface area contributed by atoms with Crippen molar-refractivity contribution in [1.82, 2.24) is 10.7 Å². The van der Waals surface area contributed by atoms with Crippen LogP contribution in [0.25, 0.3) is 0 Å². The molecule has 100 valence electrons. The fourth-order valence-electron chi connectivity index (χ4n) is 1.76. The van der Waals surface area contributed by atoms with E-state index in [0.29, 0.717) is 11.9 Å². The summed E-state index contributed by atoms with van der Waals surface area (Å²) in [6.07, 6.45) is 0. The molecule has 0 aliphatic carbocycles. The second kappa shape index (κ2) is 7.01. The fraction of sp³-hybridized carbons (Fsp3) is 0.500. The van der Waals surface area contributed by atoms with Crippen LogP contribution in [0.3, 0.4) is 0 Å². The lowest BCUT2D eigenvalue weighted by Crippen LogP contribution is -2.43.